The van der Waals surface area contributed by atoms with Gasteiger partial charge in [-0.1, -0.05) is 24.3 Å². The molecule has 7 heteroatoms. The summed E-state index contributed by atoms with van der Waals surface area (Å²) in [6, 6.07) is 9.32. The van der Waals surface area contributed by atoms with Crippen LogP contribution in [0.1, 0.15) is 24.0 Å². The maximum atomic E-state index is 14.3. The molecule has 136 valence electrons. The lowest BCUT2D eigenvalue weighted by atomic mass is 9.90. The van der Waals surface area contributed by atoms with Gasteiger partial charge in [0.15, 0.2) is 0 Å². The number of nitrogens with zero attached hydrogens (tertiary/aromatic N) is 1. The highest BCUT2D eigenvalue weighted by Crippen LogP contribution is 2.33. The van der Waals surface area contributed by atoms with Gasteiger partial charge in [0.1, 0.15) is 5.82 Å². The third kappa shape index (κ3) is 4.36. The average molecular weight is 381 g/mol. The molecule has 2 nitrogen and oxygen atoms in total. The van der Waals surface area contributed by atoms with E-state index in [0.717, 1.165) is 25.0 Å². The van der Waals surface area contributed by atoms with Crippen LogP contribution in [0.4, 0.5) is 17.6 Å². The zero-order chi connectivity index (χ0) is 18.7. The van der Waals surface area contributed by atoms with Crippen LogP contribution in [-0.4, -0.2) is 17.3 Å². The fourth-order valence-electron chi connectivity index (χ4n) is 2.78. The van der Waals surface area contributed by atoms with Gasteiger partial charge in [0.2, 0.25) is 0 Å². The summed E-state index contributed by atoms with van der Waals surface area (Å²) in [5.74, 6) is -0.507. The van der Waals surface area contributed by atoms with E-state index in [1.807, 2.05) is 0 Å². The molecule has 3 rings (SSSR count). The van der Waals surface area contributed by atoms with E-state index < -0.39 is 17.6 Å². The van der Waals surface area contributed by atoms with Crippen LogP contribution in [0.15, 0.2) is 47.5 Å². The molecule has 0 atom stereocenters. The minimum absolute atomic E-state index is 0.00893. The number of ether oxygens (including phenoxy) is 1. The minimum Gasteiger partial charge on any atom is -0.373 e. The molecule has 0 spiro atoms. The van der Waals surface area contributed by atoms with Crippen molar-refractivity contribution in [2.75, 3.05) is 0 Å². The molecule has 2 aromatic rings. The van der Waals surface area contributed by atoms with Crippen molar-refractivity contribution in [3.8, 4) is 11.1 Å². The van der Waals surface area contributed by atoms with E-state index in [0.29, 0.717) is 16.7 Å². The molecule has 1 saturated carbocycles. The third-order valence-electron chi connectivity index (χ3n) is 4.36. The van der Waals surface area contributed by atoms with Crippen molar-refractivity contribution in [2.45, 2.75) is 37.8 Å². The highest BCUT2D eigenvalue weighted by molar-refractivity contribution is 7.78. The van der Waals surface area contributed by atoms with Crippen LogP contribution < -0.4 is 0 Å². The van der Waals surface area contributed by atoms with Crippen molar-refractivity contribution in [1.82, 2.24) is 0 Å². The van der Waals surface area contributed by atoms with E-state index in [-0.39, 0.29) is 18.8 Å². The second-order valence-electron chi connectivity index (χ2n) is 6.16. The first-order valence-electron chi connectivity index (χ1n) is 8.01. The van der Waals surface area contributed by atoms with Crippen molar-refractivity contribution < 1.29 is 22.3 Å². The van der Waals surface area contributed by atoms with E-state index in [1.54, 1.807) is 6.07 Å². The number of benzene rings is 2. The van der Waals surface area contributed by atoms with Gasteiger partial charge in [-0.2, -0.15) is 13.2 Å². The molecule has 0 aromatic heterocycles. The molecule has 0 bridgehead atoms. The summed E-state index contributed by atoms with van der Waals surface area (Å²) in [5.41, 5.74) is 0.297. The zero-order valence-corrected chi connectivity index (χ0v) is 14.4. The molecule has 0 saturated heterocycles. The summed E-state index contributed by atoms with van der Waals surface area (Å²) in [4.78, 5) is 3.95. The van der Waals surface area contributed by atoms with Gasteiger partial charge in [-0.25, -0.2) is 9.38 Å². The quantitative estimate of drug-likeness (QED) is 0.379. The number of rotatable bonds is 5. The average Bonchev–Trinajstić information content (AvgIpc) is 2.57. The largest absolute Gasteiger partial charge is 0.416 e. The van der Waals surface area contributed by atoms with Crippen LogP contribution in [0, 0.1) is 5.82 Å². The summed E-state index contributed by atoms with van der Waals surface area (Å²) < 4.78 is 58.3. The Bertz CT molecular complexity index is 840. The van der Waals surface area contributed by atoms with Gasteiger partial charge in [0.05, 0.1) is 29.5 Å². The molecule has 0 N–H and O–H groups in total. The zero-order valence-electron chi connectivity index (χ0n) is 13.6. The SMILES string of the molecule is Fc1cc(-c2cccc(C(F)(F)F)c2)ccc1CO[C@H]1C[C@@H](N=C=S)C1. The van der Waals surface area contributed by atoms with Crippen LogP contribution in [0.25, 0.3) is 11.1 Å². The maximum Gasteiger partial charge on any atom is 0.416 e. The van der Waals surface area contributed by atoms with Gasteiger partial charge in [0.25, 0.3) is 0 Å². The Hall–Kier alpha value is -2.08. The molecule has 0 amide bonds. The normalized spacial score (nSPS) is 19.5. The van der Waals surface area contributed by atoms with E-state index in [9.17, 15) is 17.6 Å². The lowest BCUT2D eigenvalue weighted by Crippen LogP contribution is -2.34. The molecule has 26 heavy (non-hydrogen) atoms. The lowest BCUT2D eigenvalue weighted by molar-refractivity contribution is -0.137. The predicted molar refractivity (Wildman–Crippen MR) is 93.5 cm³/mol. The highest BCUT2D eigenvalue weighted by Gasteiger charge is 2.31. The maximum absolute atomic E-state index is 14.3. The molecule has 0 heterocycles. The molecular weight excluding hydrogens is 366 g/mol. The Balaban J connectivity index is 1.67. The van der Waals surface area contributed by atoms with Crippen molar-refractivity contribution in [3.63, 3.8) is 0 Å². The van der Waals surface area contributed by atoms with Gasteiger partial charge < -0.3 is 4.74 Å². The second-order valence-corrected chi connectivity index (χ2v) is 6.35. The molecule has 2 aromatic carbocycles. The van der Waals surface area contributed by atoms with E-state index >= 15 is 0 Å². The Morgan fingerprint density at radius 2 is 1.85 bits per heavy atom. The topological polar surface area (TPSA) is 21.6 Å². The Labute approximate surface area is 153 Å². The van der Waals surface area contributed by atoms with Crippen LogP contribution in [-0.2, 0) is 17.5 Å². The fourth-order valence-corrected chi connectivity index (χ4v) is 2.93. The molecule has 0 unspecified atom stereocenters. The van der Waals surface area contributed by atoms with E-state index in [4.69, 9.17) is 4.74 Å². The fraction of sp³-hybridized carbons (Fsp3) is 0.316. The Morgan fingerprint density at radius 1 is 1.12 bits per heavy atom. The Kier molecular flexibility index (Phi) is 5.51. The van der Waals surface area contributed by atoms with Crippen molar-refractivity contribution in [2.24, 2.45) is 4.99 Å². The highest BCUT2D eigenvalue weighted by atomic mass is 32.1. The Morgan fingerprint density at radius 3 is 2.50 bits per heavy atom. The standard InChI is InChI=1S/C19H15F4NOS/c20-18-7-13(12-2-1-3-15(6-12)19(21,22)23)4-5-14(18)10-25-17-8-16(9-17)24-11-26/h1-7,16-17H,8-10H2/t16-,17+. The third-order valence-corrected chi connectivity index (χ3v) is 4.46. The number of alkyl halides is 3. The number of isothiocyanates is 1. The summed E-state index contributed by atoms with van der Waals surface area (Å²) in [6.07, 6.45) is -2.97. The molecule has 0 radical (unpaired) electrons. The van der Waals surface area contributed by atoms with Crippen molar-refractivity contribution >= 4 is 17.4 Å². The van der Waals surface area contributed by atoms with Gasteiger partial charge >= 0.3 is 6.18 Å². The summed E-state index contributed by atoms with van der Waals surface area (Å²) in [7, 11) is 0. The molecule has 1 fully saturated rings. The molecule has 1 aliphatic rings. The summed E-state index contributed by atoms with van der Waals surface area (Å²) >= 11 is 4.54. The number of aliphatic imine (C=N–C) groups is 1. The van der Waals surface area contributed by atoms with Crippen LogP contribution >= 0.6 is 12.2 Å². The first-order chi connectivity index (χ1) is 12.4. The first kappa shape index (κ1) is 18.7. The number of hydrogen-bond donors (Lipinski definition) is 0. The molecular formula is C19H15F4NOS. The van der Waals surface area contributed by atoms with Crippen molar-refractivity contribution in [1.29, 1.82) is 0 Å². The van der Waals surface area contributed by atoms with Crippen molar-refractivity contribution in [3.05, 3.63) is 59.4 Å². The minimum atomic E-state index is -4.43. The van der Waals surface area contributed by atoms with Gasteiger partial charge in [-0.15, -0.1) is 0 Å². The summed E-state index contributed by atoms with van der Waals surface area (Å²) in [5, 5.41) is 2.33. The van der Waals surface area contributed by atoms with Crippen LogP contribution in [0.5, 0.6) is 0 Å². The van der Waals surface area contributed by atoms with Gasteiger partial charge in [-0.3, -0.25) is 0 Å². The van der Waals surface area contributed by atoms with Gasteiger partial charge in [-0.05, 0) is 54.4 Å². The van der Waals surface area contributed by atoms with E-state index in [2.05, 4.69) is 22.4 Å². The smallest absolute Gasteiger partial charge is 0.373 e. The summed E-state index contributed by atoms with van der Waals surface area (Å²) in [6.45, 7) is 0.105. The van der Waals surface area contributed by atoms with Crippen LogP contribution in [0.2, 0.25) is 0 Å². The molecule has 0 aliphatic heterocycles. The first-order valence-corrected chi connectivity index (χ1v) is 8.42. The van der Waals surface area contributed by atoms with Gasteiger partial charge in [0, 0.05) is 5.56 Å². The monoisotopic (exact) mass is 381 g/mol. The lowest BCUT2D eigenvalue weighted by Gasteiger charge is -2.31. The second kappa shape index (κ2) is 7.66. The number of hydrogen-bond acceptors (Lipinski definition) is 3. The predicted octanol–water partition coefficient (Wildman–Crippen LogP) is 5.66. The number of halogens is 4. The van der Waals surface area contributed by atoms with Crippen LogP contribution in [0.3, 0.4) is 0 Å². The number of thiocarbonyl (C=S) groups is 1. The molecule has 1 aliphatic carbocycles. The van der Waals surface area contributed by atoms with E-state index in [1.165, 1.54) is 24.3 Å².